The third-order valence-electron chi connectivity index (χ3n) is 3.90. The minimum atomic E-state index is 0.339. The van der Waals surface area contributed by atoms with E-state index < -0.39 is 0 Å². The van der Waals surface area contributed by atoms with E-state index in [-0.39, 0.29) is 0 Å². The number of nitrogens with two attached hydrogens (primary N) is 1. The Bertz CT molecular complexity index is 396. The third kappa shape index (κ3) is 3.00. The van der Waals surface area contributed by atoms with Crippen molar-refractivity contribution < 1.29 is 4.74 Å². The Balaban J connectivity index is 2.17. The highest BCUT2D eigenvalue weighted by Gasteiger charge is 2.26. The summed E-state index contributed by atoms with van der Waals surface area (Å²) in [5.74, 6) is 1.56. The van der Waals surface area contributed by atoms with Crippen LogP contribution in [0.2, 0.25) is 0 Å². The van der Waals surface area contributed by atoms with Crippen molar-refractivity contribution in [1.29, 1.82) is 0 Å². The number of benzene rings is 1. The lowest BCUT2D eigenvalue weighted by Crippen LogP contribution is -2.30. The van der Waals surface area contributed by atoms with E-state index in [1.54, 1.807) is 0 Å². The topological polar surface area (TPSA) is 35.2 Å². The molecule has 2 unspecified atom stereocenters. The van der Waals surface area contributed by atoms with Gasteiger partial charge in [-0.1, -0.05) is 29.3 Å². The number of rotatable bonds is 3. The predicted octanol–water partition coefficient (Wildman–Crippen LogP) is 4.69. The van der Waals surface area contributed by atoms with Gasteiger partial charge in [0.2, 0.25) is 0 Å². The molecule has 0 heterocycles. The quantitative estimate of drug-likeness (QED) is 0.822. The van der Waals surface area contributed by atoms with Gasteiger partial charge in [-0.3, -0.25) is 0 Å². The largest absolute Gasteiger partial charge is 0.488 e. The highest BCUT2D eigenvalue weighted by atomic mass is 79.9. The van der Waals surface area contributed by atoms with Crippen LogP contribution in [-0.4, -0.2) is 6.10 Å². The molecule has 1 fully saturated rings. The Morgan fingerprint density at radius 3 is 2.72 bits per heavy atom. The van der Waals surface area contributed by atoms with E-state index in [0.29, 0.717) is 12.0 Å². The molecule has 1 aliphatic carbocycles. The standard InChI is InChI=1S/C15H22BrNO/c1-3-11-6-4-5-7-14(11)18-15-10(2)8-12(16)9-13(15)17/h8-9,11,14H,3-7,17H2,1-2H3. The van der Waals surface area contributed by atoms with Gasteiger partial charge in [0, 0.05) is 4.47 Å². The molecule has 1 saturated carbocycles. The summed E-state index contributed by atoms with van der Waals surface area (Å²) in [7, 11) is 0. The molecule has 0 amide bonds. The van der Waals surface area contributed by atoms with Crippen molar-refractivity contribution in [1.82, 2.24) is 0 Å². The fourth-order valence-corrected chi connectivity index (χ4v) is 3.45. The molecule has 1 aliphatic rings. The summed E-state index contributed by atoms with van der Waals surface area (Å²) in [5, 5.41) is 0. The molecule has 3 heteroatoms. The van der Waals surface area contributed by atoms with Crippen LogP contribution < -0.4 is 10.5 Å². The Labute approximate surface area is 118 Å². The van der Waals surface area contributed by atoms with E-state index in [1.807, 2.05) is 6.07 Å². The average molecular weight is 312 g/mol. The van der Waals surface area contributed by atoms with Crippen molar-refractivity contribution in [2.24, 2.45) is 5.92 Å². The van der Waals surface area contributed by atoms with Crippen LogP contribution in [-0.2, 0) is 0 Å². The molecule has 0 saturated heterocycles. The molecular formula is C15H22BrNO. The van der Waals surface area contributed by atoms with Gasteiger partial charge in [0.15, 0.2) is 0 Å². The maximum atomic E-state index is 6.23. The van der Waals surface area contributed by atoms with Gasteiger partial charge in [-0.25, -0.2) is 0 Å². The van der Waals surface area contributed by atoms with Gasteiger partial charge >= 0.3 is 0 Å². The fourth-order valence-electron chi connectivity index (χ4n) is 2.86. The summed E-state index contributed by atoms with van der Waals surface area (Å²) >= 11 is 3.46. The molecule has 2 N–H and O–H groups in total. The molecule has 0 spiro atoms. The van der Waals surface area contributed by atoms with E-state index >= 15 is 0 Å². The van der Waals surface area contributed by atoms with Crippen molar-refractivity contribution in [2.75, 3.05) is 5.73 Å². The Morgan fingerprint density at radius 2 is 2.06 bits per heavy atom. The van der Waals surface area contributed by atoms with Crippen molar-refractivity contribution in [3.8, 4) is 5.75 Å². The Hall–Kier alpha value is -0.700. The van der Waals surface area contributed by atoms with Gasteiger partial charge in [-0.2, -0.15) is 0 Å². The molecule has 0 radical (unpaired) electrons. The number of anilines is 1. The molecule has 0 aliphatic heterocycles. The number of hydrogen-bond donors (Lipinski definition) is 1. The number of hydrogen-bond acceptors (Lipinski definition) is 2. The Morgan fingerprint density at radius 1 is 1.33 bits per heavy atom. The second-order valence-electron chi connectivity index (χ2n) is 5.25. The molecule has 1 aromatic carbocycles. The molecule has 2 nitrogen and oxygen atoms in total. The first-order chi connectivity index (χ1) is 8.61. The minimum Gasteiger partial charge on any atom is -0.488 e. The summed E-state index contributed by atoms with van der Waals surface area (Å²) in [5.41, 5.74) is 7.92. The summed E-state index contributed by atoms with van der Waals surface area (Å²) in [6, 6.07) is 3.99. The molecule has 18 heavy (non-hydrogen) atoms. The summed E-state index contributed by atoms with van der Waals surface area (Å²) in [6.07, 6.45) is 6.60. The van der Waals surface area contributed by atoms with Gasteiger partial charge in [0.25, 0.3) is 0 Å². The van der Waals surface area contributed by atoms with Gasteiger partial charge < -0.3 is 10.5 Å². The SMILES string of the molecule is CCC1CCCCC1Oc1c(C)cc(Br)cc1N. The van der Waals surface area contributed by atoms with Gasteiger partial charge in [-0.05, 0) is 56.2 Å². The van der Waals surface area contributed by atoms with E-state index in [9.17, 15) is 0 Å². The summed E-state index contributed by atoms with van der Waals surface area (Å²) in [4.78, 5) is 0. The van der Waals surface area contributed by atoms with E-state index in [4.69, 9.17) is 10.5 Å². The number of nitrogen functional groups attached to an aromatic ring is 1. The second kappa shape index (κ2) is 5.96. The third-order valence-corrected chi connectivity index (χ3v) is 4.36. The number of aryl methyl sites for hydroxylation is 1. The summed E-state index contributed by atoms with van der Waals surface area (Å²) < 4.78 is 7.24. The first-order valence-corrected chi connectivity index (χ1v) is 7.63. The van der Waals surface area contributed by atoms with Crippen LogP contribution in [0.5, 0.6) is 5.75 Å². The first-order valence-electron chi connectivity index (χ1n) is 6.84. The molecule has 100 valence electrons. The maximum Gasteiger partial charge on any atom is 0.145 e. The molecular weight excluding hydrogens is 290 g/mol. The lowest BCUT2D eigenvalue weighted by atomic mass is 9.84. The lowest BCUT2D eigenvalue weighted by molar-refractivity contribution is 0.0904. The van der Waals surface area contributed by atoms with E-state index in [2.05, 4.69) is 35.8 Å². The summed E-state index contributed by atoms with van der Waals surface area (Å²) in [6.45, 7) is 4.31. The lowest BCUT2D eigenvalue weighted by Gasteiger charge is -2.32. The highest BCUT2D eigenvalue weighted by Crippen LogP contribution is 2.35. The molecule has 2 rings (SSSR count). The van der Waals surface area contributed by atoms with Crippen molar-refractivity contribution in [3.05, 3.63) is 22.2 Å². The monoisotopic (exact) mass is 311 g/mol. The molecule has 0 bridgehead atoms. The molecule has 2 atom stereocenters. The highest BCUT2D eigenvalue weighted by molar-refractivity contribution is 9.10. The van der Waals surface area contributed by atoms with Crippen molar-refractivity contribution in [3.63, 3.8) is 0 Å². The zero-order valence-corrected chi connectivity index (χ0v) is 12.8. The Kier molecular flexibility index (Phi) is 4.55. The van der Waals surface area contributed by atoms with Crippen LogP contribution in [0.3, 0.4) is 0 Å². The van der Waals surface area contributed by atoms with E-state index in [1.165, 1.54) is 25.7 Å². The average Bonchev–Trinajstić information content (AvgIpc) is 2.34. The second-order valence-corrected chi connectivity index (χ2v) is 6.17. The fraction of sp³-hybridized carbons (Fsp3) is 0.600. The molecule has 0 aromatic heterocycles. The smallest absolute Gasteiger partial charge is 0.145 e. The molecule has 1 aromatic rings. The van der Waals surface area contributed by atoms with Crippen LogP contribution in [0.25, 0.3) is 0 Å². The number of ether oxygens (including phenoxy) is 1. The predicted molar refractivity (Wildman–Crippen MR) is 80.0 cm³/mol. The first kappa shape index (κ1) is 13.7. The van der Waals surface area contributed by atoms with E-state index in [0.717, 1.165) is 27.9 Å². The van der Waals surface area contributed by atoms with Gasteiger partial charge in [0.05, 0.1) is 5.69 Å². The van der Waals surface area contributed by atoms with Gasteiger partial charge in [0.1, 0.15) is 11.9 Å². The van der Waals surface area contributed by atoms with Crippen LogP contribution >= 0.6 is 15.9 Å². The van der Waals surface area contributed by atoms with Crippen molar-refractivity contribution in [2.45, 2.75) is 52.1 Å². The number of halogens is 1. The van der Waals surface area contributed by atoms with Crippen LogP contribution in [0.4, 0.5) is 5.69 Å². The van der Waals surface area contributed by atoms with Gasteiger partial charge in [-0.15, -0.1) is 0 Å². The minimum absolute atomic E-state index is 0.339. The zero-order chi connectivity index (χ0) is 13.1. The maximum absolute atomic E-state index is 6.23. The zero-order valence-electron chi connectivity index (χ0n) is 11.2. The van der Waals surface area contributed by atoms with Crippen LogP contribution in [0, 0.1) is 12.8 Å². The van der Waals surface area contributed by atoms with Crippen LogP contribution in [0.1, 0.15) is 44.6 Å². The normalized spacial score (nSPS) is 23.9. The van der Waals surface area contributed by atoms with Crippen molar-refractivity contribution >= 4 is 21.6 Å². The van der Waals surface area contributed by atoms with Crippen LogP contribution in [0.15, 0.2) is 16.6 Å².